The first-order valence-corrected chi connectivity index (χ1v) is 7.02. The number of rotatable bonds is 6. The Bertz CT molecular complexity index is 455. The minimum Gasteiger partial charge on any atom is -0.481 e. The molecule has 0 radical (unpaired) electrons. The van der Waals surface area contributed by atoms with Gasteiger partial charge in [0.05, 0.1) is 6.10 Å². The maximum atomic E-state index is 12.1. The molecule has 1 aromatic carbocycles. The number of nitrogens with one attached hydrogen (secondary N) is 1. The summed E-state index contributed by atoms with van der Waals surface area (Å²) in [6.07, 6.45) is -0.282. The Morgan fingerprint density at radius 2 is 2.05 bits per heavy atom. The van der Waals surface area contributed by atoms with Gasteiger partial charge < -0.3 is 15.2 Å². The van der Waals surface area contributed by atoms with Crippen LogP contribution in [0.4, 0.5) is 0 Å². The molecule has 0 spiro atoms. The Morgan fingerprint density at radius 1 is 1.40 bits per heavy atom. The van der Waals surface area contributed by atoms with E-state index in [9.17, 15) is 9.90 Å². The van der Waals surface area contributed by atoms with Gasteiger partial charge >= 0.3 is 0 Å². The van der Waals surface area contributed by atoms with Crippen molar-refractivity contribution in [1.29, 1.82) is 0 Å². The van der Waals surface area contributed by atoms with Gasteiger partial charge in [-0.25, -0.2) is 0 Å². The smallest absolute Gasteiger partial charge is 0.261 e. The molecule has 0 aliphatic heterocycles. The van der Waals surface area contributed by atoms with Gasteiger partial charge in [-0.1, -0.05) is 19.1 Å². The zero-order chi connectivity index (χ0) is 15.3. The second kappa shape index (κ2) is 6.75. The lowest BCUT2D eigenvalue weighted by Gasteiger charge is -2.26. The highest BCUT2D eigenvalue weighted by Crippen LogP contribution is 2.20. The molecule has 1 amide bonds. The van der Waals surface area contributed by atoms with Crippen LogP contribution in [0.3, 0.4) is 0 Å². The molecule has 1 aromatic rings. The van der Waals surface area contributed by atoms with Crippen molar-refractivity contribution in [3.63, 3.8) is 0 Å². The van der Waals surface area contributed by atoms with E-state index in [1.807, 2.05) is 26.8 Å². The zero-order valence-electron chi connectivity index (χ0n) is 12.9. The normalized spacial score (nSPS) is 14.5. The van der Waals surface area contributed by atoms with Crippen LogP contribution in [0.2, 0.25) is 0 Å². The van der Waals surface area contributed by atoms with Gasteiger partial charge in [0.2, 0.25) is 0 Å². The number of amides is 1. The number of benzene rings is 1. The molecule has 2 unspecified atom stereocenters. The number of carbonyl (C=O) groups is 1. The van der Waals surface area contributed by atoms with E-state index in [-0.39, 0.29) is 11.4 Å². The topological polar surface area (TPSA) is 58.6 Å². The lowest BCUT2D eigenvalue weighted by molar-refractivity contribution is -0.128. The second-order valence-electron chi connectivity index (χ2n) is 5.74. The summed E-state index contributed by atoms with van der Waals surface area (Å²) in [5.41, 5.74) is 0.528. The third-order valence-electron chi connectivity index (χ3n) is 3.37. The number of aliphatic hydroxyl groups is 1. The summed E-state index contributed by atoms with van der Waals surface area (Å²) < 4.78 is 5.63. The molecule has 20 heavy (non-hydrogen) atoms. The van der Waals surface area contributed by atoms with E-state index in [1.54, 1.807) is 32.0 Å². The van der Waals surface area contributed by atoms with E-state index >= 15 is 0 Å². The summed E-state index contributed by atoms with van der Waals surface area (Å²) in [6.45, 7) is 9.39. The molecular formula is C16H25NO3. The van der Waals surface area contributed by atoms with Crippen LogP contribution in [0, 0.1) is 0 Å². The average Bonchev–Trinajstić information content (AvgIpc) is 2.38. The van der Waals surface area contributed by atoms with Crippen molar-refractivity contribution in [1.82, 2.24) is 5.32 Å². The van der Waals surface area contributed by atoms with Crippen molar-refractivity contribution < 1.29 is 14.6 Å². The van der Waals surface area contributed by atoms with E-state index in [0.29, 0.717) is 5.75 Å². The molecule has 0 aliphatic rings. The summed E-state index contributed by atoms with van der Waals surface area (Å²) >= 11 is 0. The molecule has 0 saturated carbocycles. The molecule has 0 aliphatic carbocycles. The van der Waals surface area contributed by atoms with Gasteiger partial charge in [0, 0.05) is 5.54 Å². The molecule has 112 valence electrons. The Morgan fingerprint density at radius 3 is 2.60 bits per heavy atom. The lowest BCUT2D eigenvalue weighted by Crippen LogP contribution is -2.48. The van der Waals surface area contributed by atoms with Gasteiger partial charge in [0.25, 0.3) is 5.91 Å². The Kier molecular flexibility index (Phi) is 5.57. The Balaban J connectivity index is 2.68. The fourth-order valence-electron chi connectivity index (χ4n) is 1.63. The molecule has 4 nitrogen and oxygen atoms in total. The van der Waals surface area contributed by atoms with E-state index in [2.05, 4.69) is 5.32 Å². The van der Waals surface area contributed by atoms with Crippen molar-refractivity contribution in [3.05, 3.63) is 29.8 Å². The van der Waals surface area contributed by atoms with E-state index in [1.165, 1.54) is 0 Å². The van der Waals surface area contributed by atoms with Gasteiger partial charge in [-0.3, -0.25) is 4.79 Å². The molecule has 0 fully saturated rings. The van der Waals surface area contributed by atoms with Crippen molar-refractivity contribution in [2.45, 2.75) is 58.8 Å². The standard InChI is InChI=1S/C16H25NO3/c1-6-16(4,5)17-15(19)12(3)20-14-9-7-8-13(10-14)11(2)18/h7-12,18H,6H2,1-5H3,(H,17,19). The summed E-state index contributed by atoms with van der Waals surface area (Å²) in [4.78, 5) is 12.1. The molecule has 0 bridgehead atoms. The highest BCUT2D eigenvalue weighted by atomic mass is 16.5. The van der Waals surface area contributed by atoms with Crippen LogP contribution in [0.5, 0.6) is 5.75 Å². The molecule has 4 heteroatoms. The first kappa shape index (κ1) is 16.5. The predicted octanol–water partition coefficient (Wildman–Crippen LogP) is 2.81. The fourth-order valence-corrected chi connectivity index (χ4v) is 1.63. The molecule has 0 heterocycles. The summed E-state index contributed by atoms with van der Waals surface area (Å²) in [5.74, 6) is 0.444. The molecule has 2 atom stereocenters. The number of carbonyl (C=O) groups excluding carboxylic acids is 1. The average molecular weight is 279 g/mol. The first-order valence-electron chi connectivity index (χ1n) is 7.02. The van der Waals surface area contributed by atoms with Crippen molar-refractivity contribution >= 4 is 5.91 Å². The van der Waals surface area contributed by atoms with Gasteiger partial charge in [-0.2, -0.15) is 0 Å². The van der Waals surface area contributed by atoms with Gasteiger partial charge in [-0.15, -0.1) is 0 Å². The van der Waals surface area contributed by atoms with Crippen LogP contribution in [0.15, 0.2) is 24.3 Å². The third-order valence-corrected chi connectivity index (χ3v) is 3.37. The van der Waals surface area contributed by atoms with Crippen molar-refractivity contribution in [3.8, 4) is 5.75 Å². The highest BCUT2D eigenvalue weighted by molar-refractivity contribution is 5.81. The minimum atomic E-state index is -0.579. The maximum absolute atomic E-state index is 12.1. The van der Waals surface area contributed by atoms with Gasteiger partial charge in [0.1, 0.15) is 5.75 Å². The zero-order valence-corrected chi connectivity index (χ0v) is 12.9. The number of aliphatic hydroxyl groups excluding tert-OH is 1. The van der Waals surface area contributed by atoms with Gasteiger partial charge in [0.15, 0.2) is 6.10 Å². The molecular weight excluding hydrogens is 254 g/mol. The monoisotopic (exact) mass is 279 g/mol. The quantitative estimate of drug-likeness (QED) is 0.842. The van der Waals surface area contributed by atoms with E-state index in [4.69, 9.17) is 4.74 Å². The summed E-state index contributed by atoms with van der Waals surface area (Å²) in [5, 5.41) is 12.5. The van der Waals surface area contributed by atoms with Crippen LogP contribution in [0.25, 0.3) is 0 Å². The van der Waals surface area contributed by atoms with Crippen LogP contribution in [-0.4, -0.2) is 22.7 Å². The van der Waals surface area contributed by atoms with Crippen LogP contribution in [-0.2, 0) is 4.79 Å². The summed E-state index contributed by atoms with van der Waals surface area (Å²) in [7, 11) is 0. The third kappa shape index (κ3) is 4.85. The highest BCUT2D eigenvalue weighted by Gasteiger charge is 2.22. The number of ether oxygens (including phenoxy) is 1. The predicted molar refractivity (Wildman–Crippen MR) is 79.7 cm³/mol. The molecule has 0 aromatic heterocycles. The SMILES string of the molecule is CCC(C)(C)NC(=O)C(C)Oc1cccc(C(C)O)c1. The van der Waals surface area contributed by atoms with Crippen LogP contribution < -0.4 is 10.1 Å². The van der Waals surface area contributed by atoms with E-state index < -0.39 is 12.2 Å². The number of hydrogen-bond acceptors (Lipinski definition) is 3. The Labute approximate surface area is 121 Å². The Hall–Kier alpha value is -1.55. The van der Waals surface area contributed by atoms with Crippen LogP contribution in [0.1, 0.15) is 52.7 Å². The second-order valence-corrected chi connectivity index (χ2v) is 5.74. The minimum absolute atomic E-state index is 0.140. The molecule has 0 saturated heterocycles. The number of hydrogen-bond donors (Lipinski definition) is 2. The summed E-state index contributed by atoms with van der Waals surface area (Å²) in [6, 6.07) is 7.15. The van der Waals surface area contributed by atoms with Crippen molar-refractivity contribution in [2.24, 2.45) is 0 Å². The first-order chi connectivity index (χ1) is 9.25. The maximum Gasteiger partial charge on any atom is 0.261 e. The fraction of sp³-hybridized carbons (Fsp3) is 0.562. The molecule has 2 N–H and O–H groups in total. The van der Waals surface area contributed by atoms with Crippen molar-refractivity contribution in [2.75, 3.05) is 0 Å². The largest absolute Gasteiger partial charge is 0.481 e. The lowest BCUT2D eigenvalue weighted by atomic mass is 10.0. The van der Waals surface area contributed by atoms with E-state index in [0.717, 1.165) is 12.0 Å². The van der Waals surface area contributed by atoms with Gasteiger partial charge in [-0.05, 0) is 51.8 Å². The molecule has 1 rings (SSSR count). The van der Waals surface area contributed by atoms with Crippen LogP contribution >= 0.6 is 0 Å².